The van der Waals surface area contributed by atoms with Crippen LogP contribution in [0.4, 0.5) is 0 Å². The molecular weight excluding hydrogens is 266 g/mol. The van der Waals surface area contributed by atoms with Gasteiger partial charge in [0.1, 0.15) is 0 Å². The molecule has 2 unspecified atom stereocenters. The second-order valence-corrected chi connectivity index (χ2v) is 5.62. The molecule has 0 bridgehead atoms. The number of nitrogens with one attached hydrogen (secondary N) is 3. The number of Topliss-reactive ketones (excluding diaryl/α,β-unsaturated/α-hetero) is 1. The molecule has 114 valence electrons. The van der Waals surface area contributed by atoms with Crippen LogP contribution in [0.15, 0.2) is 30.3 Å². The van der Waals surface area contributed by atoms with E-state index in [1.165, 1.54) is 0 Å². The molecule has 0 spiro atoms. The number of hydrazine groups is 1. The van der Waals surface area contributed by atoms with Crippen molar-refractivity contribution in [1.29, 1.82) is 0 Å². The fourth-order valence-electron chi connectivity index (χ4n) is 2.75. The minimum absolute atomic E-state index is 0.432. The predicted molar refractivity (Wildman–Crippen MR) is 81.7 cm³/mol. The minimum atomic E-state index is -0.523. The molecule has 1 aliphatic rings. The van der Waals surface area contributed by atoms with E-state index in [2.05, 4.69) is 30.0 Å². The predicted octanol–water partition coefficient (Wildman–Crippen LogP) is 1.27. The zero-order valence-electron chi connectivity index (χ0n) is 12.6. The lowest BCUT2D eigenvalue weighted by atomic mass is 9.92. The van der Waals surface area contributed by atoms with E-state index in [9.17, 15) is 9.59 Å². The van der Waals surface area contributed by atoms with Gasteiger partial charge in [0, 0.05) is 24.2 Å². The van der Waals surface area contributed by atoms with Gasteiger partial charge in [-0.3, -0.25) is 20.4 Å². The van der Waals surface area contributed by atoms with Crippen LogP contribution in [-0.4, -0.2) is 30.3 Å². The van der Waals surface area contributed by atoms with Gasteiger partial charge in [0.2, 0.25) is 5.78 Å². The summed E-state index contributed by atoms with van der Waals surface area (Å²) in [6, 6.07) is 9.50. The van der Waals surface area contributed by atoms with Crippen LogP contribution in [-0.2, 0) is 4.79 Å². The van der Waals surface area contributed by atoms with Crippen molar-refractivity contribution < 1.29 is 9.59 Å². The number of ketones is 1. The van der Waals surface area contributed by atoms with Gasteiger partial charge in [-0.2, -0.15) is 0 Å². The maximum absolute atomic E-state index is 11.9. The van der Waals surface area contributed by atoms with Gasteiger partial charge in [-0.15, -0.1) is 0 Å². The van der Waals surface area contributed by atoms with Gasteiger partial charge in [0.15, 0.2) is 0 Å². The van der Waals surface area contributed by atoms with Crippen LogP contribution in [0.1, 0.15) is 37.0 Å². The van der Waals surface area contributed by atoms with E-state index in [0.29, 0.717) is 30.1 Å². The maximum atomic E-state index is 11.9. The molecule has 1 aromatic rings. The Bertz CT molecular complexity index is 480. The van der Waals surface area contributed by atoms with Crippen molar-refractivity contribution in [3.63, 3.8) is 0 Å². The molecule has 1 amide bonds. The number of hydrogen-bond acceptors (Lipinski definition) is 4. The van der Waals surface area contributed by atoms with Gasteiger partial charge in [-0.1, -0.05) is 30.3 Å². The summed E-state index contributed by atoms with van der Waals surface area (Å²) in [5.74, 6) is -0.446. The summed E-state index contributed by atoms with van der Waals surface area (Å²) in [6.07, 6.45) is 1.89. The highest BCUT2D eigenvalue weighted by molar-refractivity contribution is 6.42. The molecule has 0 saturated carbocycles. The zero-order valence-corrected chi connectivity index (χ0v) is 12.6. The number of benzene rings is 1. The number of hydrogen-bond donors (Lipinski definition) is 3. The quantitative estimate of drug-likeness (QED) is 0.419. The molecule has 21 heavy (non-hydrogen) atoms. The first-order chi connectivity index (χ1) is 10.1. The van der Waals surface area contributed by atoms with E-state index in [4.69, 9.17) is 0 Å². The van der Waals surface area contributed by atoms with Crippen molar-refractivity contribution in [2.75, 3.05) is 6.54 Å². The molecule has 2 atom stereocenters. The number of carbonyl (C=O) groups excluding carboxylic acids is 2. The first-order valence-electron chi connectivity index (χ1n) is 7.48. The molecule has 0 aromatic heterocycles. The van der Waals surface area contributed by atoms with E-state index in [1.54, 1.807) is 24.3 Å². The van der Waals surface area contributed by atoms with E-state index < -0.39 is 11.7 Å². The van der Waals surface area contributed by atoms with Crippen LogP contribution < -0.4 is 16.2 Å². The Kier molecular flexibility index (Phi) is 5.47. The molecule has 5 nitrogen and oxygen atoms in total. The average Bonchev–Trinajstić information content (AvgIpc) is 2.82. The van der Waals surface area contributed by atoms with Crippen molar-refractivity contribution in [2.45, 2.75) is 38.8 Å². The number of carbonyl (C=O) groups is 2. The largest absolute Gasteiger partial charge is 0.349 e. The van der Waals surface area contributed by atoms with E-state index in [1.807, 2.05) is 6.07 Å². The molecule has 1 aromatic carbocycles. The van der Waals surface area contributed by atoms with E-state index >= 15 is 0 Å². The van der Waals surface area contributed by atoms with Gasteiger partial charge in [-0.25, -0.2) is 0 Å². The van der Waals surface area contributed by atoms with Gasteiger partial charge in [-0.05, 0) is 32.6 Å². The zero-order chi connectivity index (χ0) is 15.2. The van der Waals surface area contributed by atoms with Gasteiger partial charge in [0.25, 0.3) is 5.91 Å². The summed E-state index contributed by atoms with van der Waals surface area (Å²) in [5, 5.41) is 2.71. The summed E-state index contributed by atoms with van der Waals surface area (Å²) < 4.78 is 0. The summed E-state index contributed by atoms with van der Waals surface area (Å²) in [7, 11) is 0. The molecule has 1 heterocycles. The van der Waals surface area contributed by atoms with Crippen molar-refractivity contribution in [3.8, 4) is 0 Å². The van der Waals surface area contributed by atoms with Crippen LogP contribution in [0.2, 0.25) is 0 Å². The van der Waals surface area contributed by atoms with Crippen molar-refractivity contribution in [2.24, 2.45) is 5.92 Å². The third-order valence-corrected chi connectivity index (χ3v) is 4.07. The molecular formula is C16H23N3O2. The first-order valence-corrected chi connectivity index (χ1v) is 7.48. The molecule has 2 rings (SSSR count). The normalized spacial score (nSPS) is 24.8. The summed E-state index contributed by atoms with van der Waals surface area (Å²) in [4.78, 5) is 23.7. The highest BCUT2D eigenvalue weighted by Crippen LogP contribution is 2.19. The monoisotopic (exact) mass is 289 g/mol. The summed E-state index contributed by atoms with van der Waals surface area (Å²) in [5.41, 5.74) is 6.87. The van der Waals surface area contributed by atoms with Crippen LogP contribution >= 0.6 is 0 Å². The Labute approximate surface area is 125 Å². The fourth-order valence-corrected chi connectivity index (χ4v) is 2.75. The highest BCUT2D eigenvalue weighted by Gasteiger charge is 2.28. The van der Waals surface area contributed by atoms with Crippen molar-refractivity contribution in [1.82, 2.24) is 16.2 Å². The Hall–Kier alpha value is -1.72. The second-order valence-electron chi connectivity index (χ2n) is 5.62. The first kappa shape index (κ1) is 15.7. The standard InChI is InChI=1S/C16H23N3O2/c1-11-14(12(2)19-18-11)9-6-10-17-16(21)15(20)13-7-4-3-5-8-13/h3-5,7-8,11-12,14,18-19H,6,9-10H2,1-2H3,(H,17,21). The topological polar surface area (TPSA) is 70.2 Å². The Morgan fingerprint density at radius 1 is 1.10 bits per heavy atom. The lowest BCUT2D eigenvalue weighted by Gasteiger charge is -2.17. The van der Waals surface area contributed by atoms with E-state index in [-0.39, 0.29) is 0 Å². The summed E-state index contributed by atoms with van der Waals surface area (Å²) in [6.45, 7) is 4.84. The maximum Gasteiger partial charge on any atom is 0.292 e. The molecule has 0 radical (unpaired) electrons. The molecule has 1 fully saturated rings. The van der Waals surface area contributed by atoms with Crippen molar-refractivity contribution in [3.05, 3.63) is 35.9 Å². The average molecular weight is 289 g/mol. The lowest BCUT2D eigenvalue weighted by Crippen LogP contribution is -2.32. The van der Waals surface area contributed by atoms with Crippen LogP contribution in [0, 0.1) is 5.92 Å². The molecule has 5 heteroatoms. The Balaban J connectivity index is 1.71. The van der Waals surface area contributed by atoms with Crippen LogP contribution in [0.5, 0.6) is 0 Å². The molecule has 3 N–H and O–H groups in total. The number of rotatable bonds is 6. The van der Waals surface area contributed by atoms with Crippen LogP contribution in [0.3, 0.4) is 0 Å². The van der Waals surface area contributed by atoms with Crippen LogP contribution in [0.25, 0.3) is 0 Å². The van der Waals surface area contributed by atoms with Crippen molar-refractivity contribution >= 4 is 11.7 Å². The second kappa shape index (κ2) is 7.33. The fraction of sp³-hybridized carbons (Fsp3) is 0.500. The Morgan fingerprint density at radius 3 is 2.33 bits per heavy atom. The Morgan fingerprint density at radius 2 is 1.71 bits per heavy atom. The van der Waals surface area contributed by atoms with E-state index in [0.717, 1.165) is 12.8 Å². The molecule has 1 aliphatic heterocycles. The van der Waals surface area contributed by atoms with Gasteiger partial charge in [0.05, 0.1) is 0 Å². The molecule has 0 aliphatic carbocycles. The third kappa shape index (κ3) is 4.12. The summed E-state index contributed by atoms with van der Waals surface area (Å²) >= 11 is 0. The van der Waals surface area contributed by atoms with Gasteiger partial charge >= 0.3 is 0 Å². The third-order valence-electron chi connectivity index (χ3n) is 4.07. The minimum Gasteiger partial charge on any atom is -0.349 e. The number of amides is 1. The highest BCUT2D eigenvalue weighted by atomic mass is 16.2. The molecule has 1 saturated heterocycles. The van der Waals surface area contributed by atoms with Gasteiger partial charge < -0.3 is 5.32 Å². The SMILES string of the molecule is CC1NNC(C)C1CCCNC(=O)C(=O)c1ccccc1. The lowest BCUT2D eigenvalue weighted by molar-refractivity contribution is -0.117. The smallest absolute Gasteiger partial charge is 0.292 e.